The van der Waals surface area contributed by atoms with Crippen LogP contribution in [0.15, 0.2) is 94.1 Å². The Hall–Kier alpha value is -3.83. The molecule has 5 rings (SSSR count). The molecule has 0 aliphatic carbocycles. The SMILES string of the molecule is O=c1oc(-c2ccc(Cl)cc2)nc2nnc(-c3ccccc3)c(-c3ccccc3)c12. The Bertz CT molecular complexity index is 1400. The van der Waals surface area contributed by atoms with E-state index < -0.39 is 5.63 Å². The van der Waals surface area contributed by atoms with Crippen LogP contribution in [0.25, 0.3) is 44.9 Å². The van der Waals surface area contributed by atoms with Crippen molar-refractivity contribution in [3.8, 4) is 33.8 Å². The largest absolute Gasteiger partial charge is 0.403 e. The minimum absolute atomic E-state index is 0.171. The second-order valence-corrected chi connectivity index (χ2v) is 7.10. The number of benzene rings is 3. The molecule has 0 atom stereocenters. The first-order valence-corrected chi connectivity index (χ1v) is 9.67. The molecule has 0 aliphatic rings. The molecule has 0 aliphatic heterocycles. The first-order valence-electron chi connectivity index (χ1n) is 9.29. The Morgan fingerprint density at radius 3 is 2.00 bits per heavy atom. The lowest BCUT2D eigenvalue weighted by Crippen LogP contribution is -2.08. The van der Waals surface area contributed by atoms with Gasteiger partial charge in [0.05, 0.1) is 0 Å². The third kappa shape index (κ3) is 3.25. The maximum Gasteiger partial charge on any atom is 0.349 e. The topological polar surface area (TPSA) is 68.9 Å². The molecule has 0 radical (unpaired) electrons. The predicted molar refractivity (Wildman–Crippen MR) is 117 cm³/mol. The zero-order chi connectivity index (χ0) is 20.5. The highest BCUT2D eigenvalue weighted by Crippen LogP contribution is 2.34. The van der Waals surface area contributed by atoms with Gasteiger partial charge in [-0.1, -0.05) is 72.3 Å². The van der Waals surface area contributed by atoms with Gasteiger partial charge in [0.1, 0.15) is 11.1 Å². The number of rotatable bonds is 3. The van der Waals surface area contributed by atoms with Crippen molar-refractivity contribution in [3.05, 3.63) is 100 Å². The van der Waals surface area contributed by atoms with Crippen LogP contribution in [0.1, 0.15) is 0 Å². The summed E-state index contributed by atoms with van der Waals surface area (Å²) in [6.45, 7) is 0. The fourth-order valence-corrected chi connectivity index (χ4v) is 3.48. The summed E-state index contributed by atoms with van der Waals surface area (Å²) in [5.41, 5.74) is 3.29. The molecule has 2 aromatic heterocycles. The van der Waals surface area contributed by atoms with E-state index in [9.17, 15) is 4.79 Å². The zero-order valence-corrected chi connectivity index (χ0v) is 16.4. The van der Waals surface area contributed by atoms with Crippen LogP contribution in [0.2, 0.25) is 5.02 Å². The number of halogens is 1. The Kier molecular flexibility index (Phi) is 4.58. The van der Waals surface area contributed by atoms with E-state index in [1.54, 1.807) is 24.3 Å². The minimum atomic E-state index is -0.518. The third-order valence-electron chi connectivity index (χ3n) is 4.76. The van der Waals surface area contributed by atoms with Crippen LogP contribution in [-0.2, 0) is 0 Å². The molecule has 144 valence electrons. The van der Waals surface area contributed by atoms with E-state index in [2.05, 4.69) is 15.2 Å². The highest BCUT2D eigenvalue weighted by atomic mass is 35.5. The van der Waals surface area contributed by atoms with E-state index in [0.717, 1.165) is 11.1 Å². The molecular formula is C24H14ClN3O2. The first-order chi connectivity index (χ1) is 14.7. The van der Waals surface area contributed by atoms with Gasteiger partial charge in [-0.25, -0.2) is 4.79 Å². The van der Waals surface area contributed by atoms with Gasteiger partial charge in [-0.3, -0.25) is 0 Å². The second-order valence-electron chi connectivity index (χ2n) is 6.67. The van der Waals surface area contributed by atoms with Gasteiger partial charge in [0.15, 0.2) is 5.65 Å². The third-order valence-corrected chi connectivity index (χ3v) is 5.01. The predicted octanol–water partition coefficient (Wildman–Crippen LogP) is 5.63. The molecule has 0 spiro atoms. The molecule has 0 unspecified atom stereocenters. The van der Waals surface area contributed by atoms with Crippen LogP contribution in [0.5, 0.6) is 0 Å². The Balaban J connectivity index is 1.82. The molecule has 2 heterocycles. The first kappa shape index (κ1) is 18.2. The van der Waals surface area contributed by atoms with Gasteiger partial charge < -0.3 is 4.42 Å². The molecule has 5 nitrogen and oxygen atoms in total. The molecule has 0 bridgehead atoms. The molecule has 3 aromatic carbocycles. The molecular weight excluding hydrogens is 398 g/mol. The van der Waals surface area contributed by atoms with Crippen molar-refractivity contribution < 1.29 is 4.42 Å². The van der Waals surface area contributed by atoms with Crippen LogP contribution in [0.4, 0.5) is 0 Å². The van der Waals surface area contributed by atoms with Crippen molar-refractivity contribution in [1.82, 2.24) is 15.2 Å². The van der Waals surface area contributed by atoms with E-state index in [4.69, 9.17) is 16.0 Å². The van der Waals surface area contributed by atoms with E-state index in [1.165, 1.54) is 0 Å². The summed E-state index contributed by atoms with van der Waals surface area (Å²) < 4.78 is 5.59. The number of hydrogen-bond acceptors (Lipinski definition) is 5. The monoisotopic (exact) mass is 411 g/mol. The lowest BCUT2D eigenvalue weighted by atomic mass is 9.97. The van der Waals surface area contributed by atoms with E-state index in [-0.39, 0.29) is 11.5 Å². The number of nitrogens with zero attached hydrogens (tertiary/aromatic N) is 3. The minimum Gasteiger partial charge on any atom is -0.403 e. The summed E-state index contributed by atoms with van der Waals surface area (Å²) in [7, 11) is 0. The highest BCUT2D eigenvalue weighted by Gasteiger charge is 2.20. The van der Waals surface area contributed by atoms with Crippen molar-refractivity contribution in [2.24, 2.45) is 0 Å². The molecule has 0 amide bonds. The summed E-state index contributed by atoms with van der Waals surface area (Å²) in [6.07, 6.45) is 0. The van der Waals surface area contributed by atoms with Gasteiger partial charge in [-0.15, -0.1) is 10.2 Å². The van der Waals surface area contributed by atoms with Crippen molar-refractivity contribution in [2.45, 2.75) is 0 Å². The number of fused-ring (bicyclic) bond motifs is 1. The van der Waals surface area contributed by atoms with Crippen LogP contribution in [-0.4, -0.2) is 15.2 Å². The Morgan fingerprint density at radius 1 is 0.700 bits per heavy atom. The smallest absolute Gasteiger partial charge is 0.349 e. The molecule has 0 N–H and O–H groups in total. The number of aromatic nitrogens is 3. The Morgan fingerprint density at radius 2 is 1.33 bits per heavy atom. The van der Waals surface area contributed by atoms with E-state index >= 15 is 0 Å². The normalized spacial score (nSPS) is 11.0. The summed E-state index contributed by atoms with van der Waals surface area (Å²) >= 11 is 5.95. The van der Waals surface area contributed by atoms with Gasteiger partial charge in [0.2, 0.25) is 5.89 Å². The molecule has 6 heteroatoms. The van der Waals surface area contributed by atoms with Gasteiger partial charge in [-0.05, 0) is 29.8 Å². The summed E-state index contributed by atoms with van der Waals surface area (Å²) in [4.78, 5) is 17.6. The van der Waals surface area contributed by atoms with Gasteiger partial charge >= 0.3 is 5.63 Å². The fourth-order valence-electron chi connectivity index (χ4n) is 3.36. The van der Waals surface area contributed by atoms with Crippen molar-refractivity contribution >= 4 is 22.6 Å². The lowest BCUT2D eigenvalue weighted by molar-refractivity contribution is 0.517. The van der Waals surface area contributed by atoms with Gasteiger partial charge in [-0.2, -0.15) is 4.98 Å². The van der Waals surface area contributed by atoms with E-state index in [0.29, 0.717) is 27.2 Å². The van der Waals surface area contributed by atoms with Crippen LogP contribution >= 0.6 is 11.6 Å². The molecule has 30 heavy (non-hydrogen) atoms. The van der Waals surface area contributed by atoms with Crippen LogP contribution in [0, 0.1) is 0 Å². The Labute approximate surface area is 176 Å². The fraction of sp³-hybridized carbons (Fsp3) is 0. The van der Waals surface area contributed by atoms with Crippen LogP contribution < -0.4 is 5.63 Å². The summed E-state index contributed by atoms with van der Waals surface area (Å²) in [6, 6.07) is 26.1. The molecule has 0 fully saturated rings. The zero-order valence-electron chi connectivity index (χ0n) is 15.6. The lowest BCUT2D eigenvalue weighted by Gasteiger charge is -2.11. The maximum atomic E-state index is 13.1. The van der Waals surface area contributed by atoms with Crippen molar-refractivity contribution in [1.29, 1.82) is 0 Å². The van der Waals surface area contributed by atoms with Crippen LogP contribution in [0.3, 0.4) is 0 Å². The van der Waals surface area contributed by atoms with Gasteiger partial charge in [0.25, 0.3) is 0 Å². The van der Waals surface area contributed by atoms with Crippen molar-refractivity contribution in [3.63, 3.8) is 0 Å². The van der Waals surface area contributed by atoms with Crippen molar-refractivity contribution in [2.75, 3.05) is 0 Å². The number of hydrogen-bond donors (Lipinski definition) is 0. The summed E-state index contributed by atoms with van der Waals surface area (Å²) in [5.74, 6) is 0.171. The maximum absolute atomic E-state index is 13.1. The quantitative estimate of drug-likeness (QED) is 0.384. The molecule has 0 saturated carbocycles. The van der Waals surface area contributed by atoms with E-state index in [1.807, 2.05) is 60.7 Å². The molecule has 0 saturated heterocycles. The average Bonchev–Trinajstić information content (AvgIpc) is 2.80. The average molecular weight is 412 g/mol. The molecule has 5 aromatic rings. The van der Waals surface area contributed by atoms with Gasteiger partial charge in [0, 0.05) is 21.7 Å². The summed E-state index contributed by atoms with van der Waals surface area (Å²) in [5, 5.41) is 9.57. The second kappa shape index (κ2) is 7.54. The highest BCUT2D eigenvalue weighted by molar-refractivity contribution is 6.30. The standard InChI is InChI=1S/C24H14ClN3O2/c25-18-13-11-17(12-14-18)23-26-22-20(24(29)30-23)19(15-7-3-1-4-8-15)21(27-28-22)16-9-5-2-6-10-16/h1-14H.